The van der Waals surface area contributed by atoms with Crippen LogP contribution >= 0.6 is 0 Å². The number of hydrogen-bond donors (Lipinski definition) is 1. The van der Waals surface area contributed by atoms with Crippen LogP contribution in [0.25, 0.3) is 0 Å². The number of nitrogens with two attached hydrogens (primary N) is 1. The van der Waals surface area contributed by atoms with Crippen LogP contribution in [0.4, 0.5) is 0 Å². The summed E-state index contributed by atoms with van der Waals surface area (Å²) in [5.41, 5.74) is 11.0. The minimum atomic E-state index is -0.747. The third-order valence-corrected chi connectivity index (χ3v) is 6.99. The first-order chi connectivity index (χ1) is 19.7. The van der Waals surface area contributed by atoms with Crippen LogP contribution in [-0.4, -0.2) is 37.3 Å². The van der Waals surface area contributed by atoms with E-state index in [4.69, 9.17) is 29.4 Å². The van der Waals surface area contributed by atoms with E-state index in [9.17, 15) is 0 Å². The van der Waals surface area contributed by atoms with Crippen LogP contribution in [0, 0.1) is 6.92 Å². The first-order valence-electron chi connectivity index (χ1n) is 13.7. The minimum absolute atomic E-state index is 0.292. The number of para-hydroxylation sites is 1. The van der Waals surface area contributed by atoms with Gasteiger partial charge in [0, 0.05) is 0 Å². The van der Waals surface area contributed by atoms with Crippen molar-refractivity contribution in [1.82, 2.24) is 0 Å². The Hall–Kier alpha value is -3.52. The third kappa shape index (κ3) is 7.56. The Kier molecular flexibility index (Phi) is 9.96. The molecule has 40 heavy (non-hydrogen) atoms. The predicted molar refractivity (Wildman–Crippen MR) is 155 cm³/mol. The van der Waals surface area contributed by atoms with Crippen molar-refractivity contribution in [2.24, 2.45) is 5.73 Å². The first-order valence-corrected chi connectivity index (χ1v) is 13.7. The molecule has 5 rings (SSSR count). The zero-order valence-electron chi connectivity index (χ0n) is 22.8. The molecule has 0 unspecified atom stereocenters. The molecule has 0 saturated carbocycles. The lowest BCUT2D eigenvalue weighted by atomic mass is 9.96. The van der Waals surface area contributed by atoms with E-state index in [0.29, 0.717) is 26.4 Å². The maximum absolute atomic E-state index is 6.83. The predicted octanol–water partition coefficient (Wildman–Crippen LogP) is 5.81. The van der Waals surface area contributed by atoms with Crippen molar-refractivity contribution in [3.63, 3.8) is 0 Å². The summed E-state index contributed by atoms with van der Waals surface area (Å²) in [6.45, 7) is 3.53. The Balaban J connectivity index is 1.38. The normalized spacial score (nSPS) is 22.6. The summed E-state index contributed by atoms with van der Waals surface area (Å²) in [6.07, 6.45) is -2.20. The molecule has 0 radical (unpaired) electrons. The van der Waals surface area contributed by atoms with E-state index in [0.717, 1.165) is 28.0 Å². The van der Waals surface area contributed by atoms with Gasteiger partial charge in [0.2, 0.25) is 6.29 Å². The van der Waals surface area contributed by atoms with E-state index in [1.807, 2.05) is 122 Å². The Bertz CT molecular complexity index is 1290. The van der Waals surface area contributed by atoms with Crippen molar-refractivity contribution in [2.45, 2.75) is 57.4 Å². The van der Waals surface area contributed by atoms with Gasteiger partial charge in [-0.1, -0.05) is 109 Å². The van der Waals surface area contributed by atoms with E-state index in [1.54, 1.807) is 0 Å². The topological polar surface area (TPSA) is 72.2 Å². The van der Waals surface area contributed by atoms with Crippen LogP contribution < -0.4 is 10.5 Å². The second kappa shape index (κ2) is 14.2. The van der Waals surface area contributed by atoms with Crippen LogP contribution in [0.5, 0.6) is 5.75 Å². The lowest BCUT2D eigenvalue weighted by molar-refractivity contribution is -0.266. The van der Waals surface area contributed by atoms with Crippen LogP contribution in [0.3, 0.4) is 0 Å². The molecule has 4 aromatic carbocycles. The third-order valence-electron chi connectivity index (χ3n) is 6.99. The van der Waals surface area contributed by atoms with E-state index >= 15 is 0 Å². The largest absolute Gasteiger partial charge is 0.463 e. The number of rotatable bonds is 12. The second-order valence-electron chi connectivity index (χ2n) is 10.0. The molecular weight excluding hydrogens is 502 g/mol. The van der Waals surface area contributed by atoms with Gasteiger partial charge in [-0.3, -0.25) is 0 Å². The highest BCUT2D eigenvalue weighted by Crippen LogP contribution is 2.30. The van der Waals surface area contributed by atoms with Gasteiger partial charge >= 0.3 is 0 Å². The van der Waals surface area contributed by atoms with Crippen molar-refractivity contribution in [3.8, 4) is 5.75 Å². The molecule has 0 aromatic heterocycles. The molecule has 0 amide bonds. The highest BCUT2D eigenvalue weighted by Gasteiger charge is 2.47. The average Bonchev–Trinajstić information content (AvgIpc) is 3.00. The van der Waals surface area contributed by atoms with Crippen LogP contribution in [-0.2, 0) is 38.8 Å². The van der Waals surface area contributed by atoms with E-state index in [-0.39, 0.29) is 0 Å². The molecule has 1 fully saturated rings. The Morgan fingerprint density at radius 1 is 0.625 bits per heavy atom. The summed E-state index contributed by atoms with van der Waals surface area (Å²) in [4.78, 5) is 0. The fraction of sp³-hybridized carbons (Fsp3) is 0.294. The van der Waals surface area contributed by atoms with Gasteiger partial charge in [0.15, 0.2) is 0 Å². The molecule has 6 heteroatoms. The quantitative estimate of drug-likeness (QED) is 0.245. The Labute approximate surface area is 236 Å². The van der Waals surface area contributed by atoms with Crippen molar-refractivity contribution in [2.75, 3.05) is 6.61 Å². The number of hydrogen-bond acceptors (Lipinski definition) is 6. The molecule has 1 aliphatic rings. The number of benzene rings is 4. The summed E-state index contributed by atoms with van der Waals surface area (Å²) in [6, 6.07) is 37.4. The fourth-order valence-electron chi connectivity index (χ4n) is 4.79. The maximum atomic E-state index is 6.83. The summed E-state index contributed by atoms with van der Waals surface area (Å²) in [7, 11) is 0. The van der Waals surface area contributed by atoms with E-state index in [1.165, 1.54) is 0 Å². The Morgan fingerprint density at radius 3 is 1.70 bits per heavy atom. The Morgan fingerprint density at radius 2 is 1.12 bits per heavy atom. The van der Waals surface area contributed by atoms with Gasteiger partial charge in [0.05, 0.1) is 32.5 Å². The van der Waals surface area contributed by atoms with E-state index in [2.05, 4.69) is 0 Å². The molecule has 4 aromatic rings. The number of aryl methyl sites for hydroxylation is 1. The van der Waals surface area contributed by atoms with E-state index < -0.39 is 30.6 Å². The SMILES string of the molecule is Cc1ccccc1O[C@H]1O[C@H](COCc2ccccc2)[C@H](OCc2ccccc2)[C@H](OCc2ccccc2)[C@H]1N. The van der Waals surface area contributed by atoms with Gasteiger partial charge in [0.25, 0.3) is 0 Å². The standard InChI is InChI=1S/C34H37NO5/c1-25-13-11-12-20-29(25)39-34-31(35)33(38-23-28-18-9-4-10-19-28)32(37-22-27-16-7-3-8-17-27)30(40-34)24-36-21-26-14-5-2-6-15-26/h2-20,30-34H,21-24,35H2,1H3/t30-,31-,32+,33-,34+/m1/s1. The smallest absolute Gasteiger partial charge is 0.218 e. The number of ether oxygens (including phenoxy) is 5. The molecule has 5 atom stereocenters. The molecule has 208 valence electrons. The van der Waals surface area contributed by atoms with Gasteiger partial charge < -0.3 is 29.4 Å². The zero-order valence-corrected chi connectivity index (χ0v) is 22.8. The van der Waals surface area contributed by atoms with Gasteiger partial charge in [-0.15, -0.1) is 0 Å². The summed E-state index contributed by atoms with van der Waals surface area (Å²) in [5, 5.41) is 0. The zero-order chi connectivity index (χ0) is 27.6. The molecule has 0 aliphatic carbocycles. The van der Waals surface area contributed by atoms with Crippen molar-refractivity contribution >= 4 is 0 Å². The lowest BCUT2D eigenvalue weighted by Gasteiger charge is -2.44. The molecule has 1 saturated heterocycles. The molecule has 2 N–H and O–H groups in total. The van der Waals surface area contributed by atoms with Crippen molar-refractivity contribution in [3.05, 3.63) is 138 Å². The minimum Gasteiger partial charge on any atom is -0.463 e. The first kappa shape index (κ1) is 28.0. The van der Waals surface area contributed by atoms with Gasteiger partial charge in [0.1, 0.15) is 24.1 Å². The van der Waals surface area contributed by atoms with Crippen molar-refractivity contribution < 1.29 is 23.7 Å². The molecule has 1 heterocycles. The highest BCUT2D eigenvalue weighted by molar-refractivity contribution is 5.32. The second-order valence-corrected chi connectivity index (χ2v) is 10.0. The molecule has 6 nitrogen and oxygen atoms in total. The molecule has 0 bridgehead atoms. The van der Waals surface area contributed by atoms with Crippen LogP contribution in [0.1, 0.15) is 22.3 Å². The van der Waals surface area contributed by atoms with Crippen LogP contribution in [0.2, 0.25) is 0 Å². The lowest BCUT2D eigenvalue weighted by Crippen LogP contribution is -2.65. The molecule has 1 aliphatic heterocycles. The highest BCUT2D eigenvalue weighted by atomic mass is 16.7. The van der Waals surface area contributed by atoms with Crippen molar-refractivity contribution in [1.29, 1.82) is 0 Å². The van der Waals surface area contributed by atoms with Gasteiger partial charge in [-0.2, -0.15) is 0 Å². The molecule has 0 spiro atoms. The summed E-state index contributed by atoms with van der Waals surface area (Å²) >= 11 is 0. The van der Waals surface area contributed by atoms with Gasteiger partial charge in [-0.05, 0) is 35.2 Å². The van der Waals surface area contributed by atoms with Crippen LogP contribution in [0.15, 0.2) is 115 Å². The monoisotopic (exact) mass is 539 g/mol. The molecular formula is C34H37NO5. The average molecular weight is 540 g/mol. The fourth-order valence-corrected chi connectivity index (χ4v) is 4.79. The maximum Gasteiger partial charge on any atom is 0.218 e. The van der Waals surface area contributed by atoms with Gasteiger partial charge in [-0.25, -0.2) is 0 Å². The summed E-state index contributed by atoms with van der Waals surface area (Å²) < 4.78 is 32.0. The summed E-state index contributed by atoms with van der Waals surface area (Å²) in [5.74, 6) is 0.720.